The molecule has 0 aliphatic heterocycles. The molecular formula is C16H16ClNOS. The van der Waals surface area contributed by atoms with Crippen LogP contribution in [0.15, 0.2) is 41.1 Å². The molecule has 1 saturated carbocycles. The molecule has 1 heterocycles. The van der Waals surface area contributed by atoms with Crippen molar-refractivity contribution in [2.45, 2.75) is 31.3 Å². The molecule has 2 aromatic rings. The normalized spacial score (nSPS) is 14.2. The van der Waals surface area contributed by atoms with Gasteiger partial charge in [0.15, 0.2) is 0 Å². The first kappa shape index (κ1) is 13.7. The van der Waals surface area contributed by atoms with Gasteiger partial charge in [-0.3, -0.25) is 4.79 Å². The van der Waals surface area contributed by atoms with Crippen molar-refractivity contribution in [1.82, 2.24) is 4.90 Å². The minimum absolute atomic E-state index is 0.116. The number of benzene rings is 1. The van der Waals surface area contributed by atoms with Crippen molar-refractivity contribution >= 4 is 28.8 Å². The summed E-state index contributed by atoms with van der Waals surface area (Å²) in [6, 6.07) is 10.1. The van der Waals surface area contributed by atoms with E-state index in [0.717, 1.165) is 24.0 Å². The molecular weight excluding hydrogens is 290 g/mol. The minimum Gasteiger partial charge on any atom is -0.331 e. The molecule has 0 bridgehead atoms. The summed E-state index contributed by atoms with van der Waals surface area (Å²) in [4.78, 5) is 14.7. The molecule has 1 amide bonds. The topological polar surface area (TPSA) is 20.3 Å². The Morgan fingerprint density at radius 1 is 1.30 bits per heavy atom. The van der Waals surface area contributed by atoms with Gasteiger partial charge in [0.05, 0.1) is 0 Å². The number of thiophene rings is 1. The number of alkyl halides is 1. The molecule has 1 aromatic carbocycles. The molecule has 1 aliphatic carbocycles. The molecule has 20 heavy (non-hydrogen) atoms. The first-order valence-electron chi connectivity index (χ1n) is 6.75. The summed E-state index contributed by atoms with van der Waals surface area (Å²) in [6.07, 6.45) is 2.23. The lowest BCUT2D eigenvalue weighted by atomic mass is 10.1. The van der Waals surface area contributed by atoms with E-state index < -0.39 is 0 Å². The van der Waals surface area contributed by atoms with Crippen molar-refractivity contribution < 1.29 is 4.79 Å². The smallest absolute Gasteiger partial charge is 0.254 e. The Balaban J connectivity index is 1.81. The van der Waals surface area contributed by atoms with Crippen LogP contribution in [-0.4, -0.2) is 16.8 Å². The lowest BCUT2D eigenvalue weighted by Gasteiger charge is -2.22. The minimum atomic E-state index is 0.116. The van der Waals surface area contributed by atoms with E-state index in [0.29, 0.717) is 18.5 Å². The van der Waals surface area contributed by atoms with Crippen molar-refractivity contribution in [1.29, 1.82) is 0 Å². The lowest BCUT2D eigenvalue weighted by molar-refractivity contribution is 0.0730. The third kappa shape index (κ3) is 3.05. The summed E-state index contributed by atoms with van der Waals surface area (Å²) in [5.74, 6) is 0.556. The second-order valence-corrected chi connectivity index (χ2v) is 6.18. The maximum Gasteiger partial charge on any atom is 0.254 e. The van der Waals surface area contributed by atoms with E-state index in [4.69, 9.17) is 11.6 Å². The van der Waals surface area contributed by atoms with Gasteiger partial charge in [-0.15, -0.1) is 11.6 Å². The second kappa shape index (κ2) is 5.98. The quantitative estimate of drug-likeness (QED) is 0.755. The second-order valence-electron chi connectivity index (χ2n) is 5.13. The van der Waals surface area contributed by atoms with Gasteiger partial charge in [0.25, 0.3) is 5.91 Å². The van der Waals surface area contributed by atoms with E-state index in [9.17, 15) is 4.79 Å². The summed E-state index contributed by atoms with van der Waals surface area (Å²) < 4.78 is 0. The largest absolute Gasteiger partial charge is 0.331 e. The molecule has 1 aliphatic rings. The van der Waals surface area contributed by atoms with Gasteiger partial charge in [-0.1, -0.05) is 12.1 Å². The summed E-state index contributed by atoms with van der Waals surface area (Å²) in [7, 11) is 0. The Morgan fingerprint density at radius 3 is 2.80 bits per heavy atom. The standard InChI is InChI=1S/C16H16ClNOS/c17-9-12-2-1-3-14(8-12)16(19)18(15-4-5-15)10-13-6-7-20-11-13/h1-3,6-8,11,15H,4-5,9-10H2. The number of rotatable bonds is 5. The summed E-state index contributed by atoms with van der Waals surface area (Å²) >= 11 is 7.52. The van der Waals surface area contributed by atoms with Crippen molar-refractivity contribution in [3.63, 3.8) is 0 Å². The SMILES string of the molecule is O=C(c1cccc(CCl)c1)N(Cc1ccsc1)C1CC1. The number of hydrogen-bond acceptors (Lipinski definition) is 2. The molecule has 0 radical (unpaired) electrons. The van der Waals surface area contributed by atoms with Gasteiger partial charge in [-0.25, -0.2) is 0 Å². The van der Waals surface area contributed by atoms with Crippen molar-refractivity contribution in [3.05, 3.63) is 57.8 Å². The van der Waals surface area contributed by atoms with E-state index in [1.807, 2.05) is 29.2 Å². The van der Waals surface area contributed by atoms with Crippen LogP contribution in [0.25, 0.3) is 0 Å². The predicted octanol–water partition coefficient (Wildman–Crippen LogP) is 4.29. The van der Waals surface area contributed by atoms with Gasteiger partial charge in [0.2, 0.25) is 0 Å². The number of hydrogen-bond donors (Lipinski definition) is 0. The van der Waals surface area contributed by atoms with Crippen LogP contribution in [0.4, 0.5) is 0 Å². The molecule has 3 rings (SSSR count). The highest BCUT2D eigenvalue weighted by atomic mass is 35.5. The Labute approximate surface area is 128 Å². The maximum absolute atomic E-state index is 12.7. The van der Waals surface area contributed by atoms with Crippen LogP contribution >= 0.6 is 22.9 Å². The summed E-state index contributed by atoms with van der Waals surface area (Å²) in [5.41, 5.74) is 2.94. The number of halogens is 1. The van der Waals surface area contributed by atoms with E-state index in [1.54, 1.807) is 11.3 Å². The van der Waals surface area contributed by atoms with Crippen LogP contribution in [0.3, 0.4) is 0 Å². The van der Waals surface area contributed by atoms with E-state index >= 15 is 0 Å². The van der Waals surface area contributed by atoms with Gasteiger partial charge in [0.1, 0.15) is 0 Å². The van der Waals surface area contributed by atoms with Gasteiger partial charge in [0, 0.05) is 24.0 Å². The summed E-state index contributed by atoms with van der Waals surface area (Å²) in [5, 5.41) is 4.16. The third-order valence-corrected chi connectivity index (χ3v) is 4.55. The Kier molecular flexibility index (Phi) is 4.08. The maximum atomic E-state index is 12.7. The van der Waals surface area contributed by atoms with E-state index in [2.05, 4.69) is 16.8 Å². The molecule has 0 spiro atoms. The van der Waals surface area contributed by atoms with Gasteiger partial charge in [-0.2, -0.15) is 11.3 Å². The first-order valence-corrected chi connectivity index (χ1v) is 8.22. The molecule has 4 heteroatoms. The van der Waals surface area contributed by atoms with Crippen LogP contribution in [0, 0.1) is 0 Å². The predicted molar refractivity (Wildman–Crippen MR) is 83.2 cm³/mol. The number of carbonyl (C=O) groups is 1. The van der Waals surface area contributed by atoms with Crippen molar-refractivity contribution in [3.8, 4) is 0 Å². The van der Waals surface area contributed by atoms with Crippen molar-refractivity contribution in [2.24, 2.45) is 0 Å². The number of nitrogens with zero attached hydrogens (tertiary/aromatic N) is 1. The van der Waals surface area contributed by atoms with Crippen molar-refractivity contribution in [2.75, 3.05) is 0 Å². The first-order chi connectivity index (χ1) is 9.78. The highest BCUT2D eigenvalue weighted by Gasteiger charge is 2.33. The van der Waals surface area contributed by atoms with Crippen LogP contribution in [0.2, 0.25) is 0 Å². The van der Waals surface area contributed by atoms with E-state index in [-0.39, 0.29) is 5.91 Å². The van der Waals surface area contributed by atoms with Crippen LogP contribution in [0.1, 0.15) is 34.3 Å². The van der Waals surface area contributed by atoms with Gasteiger partial charge in [-0.05, 0) is 52.9 Å². The summed E-state index contributed by atoms with van der Waals surface area (Å²) in [6.45, 7) is 0.706. The highest BCUT2D eigenvalue weighted by Crippen LogP contribution is 2.30. The molecule has 0 saturated heterocycles. The van der Waals surface area contributed by atoms with Gasteiger partial charge >= 0.3 is 0 Å². The third-order valence-electron chi connectivity index (χ3n) is 3.51. The number of amides is 1. The molecule has 0 atom stereocenters. The fourth-order valence-electron chi connectivity index (χ4n) is 2.29. The zero-order chi connectivity index (χ0) is 13.9. The van der Waals surface area contributed by atoms with Gasteiger partial charge < -0.3 is 4.90 Å². The molecule has 1 aromatic heterocycles. The number of carbonyl (C=O) groups excluding carboxylic acids is 1. The van der Waals surface area contributed by atoms with E-state index in [1.165, 1.54) is 5.56 Å². The fourth-order valence-corrected chi connectivity index (χ4v) is 3.11. The average molecular weight is 306 g/mol. The van der Waals surface area contributed by atoms with Crippen LogP contribution in [-0.2, 0) is 12.4 Å². The van der Waals surface area contributed by atoms with Crippen LogP contribution < -0.4 is 0 Å². The molecule has 0 N–H and O–H groups in total. The fraction of sp³-hybridized carbons (Fsp3) is 0.312. The molecule has 0 unspecified atom stereocenters. The Morgan fingerprint density at radius 2 is 2.15 bits per heavy atom. The molecule has 1 fully saturated rings. The molecule has 2 nitrogen and oxygen atoms in total. The monoisotopic (exact) mass is 305 g/mol. The lowest BCUT2D eigenvalue weighted by Crippen LogP contribution is -2.32. The Hall–Kier alpha value is -1.32. The zero-order valence-corrected chi connectivity index (χ0v) is 12.7. The Bertz CT molecular complexity index is 592. The zero-order valence-electron chi connectivity index (χ0n) is 11.1. The van der Waals surface area contributed by atoms with Crippen LogP contribution in [0.5, 0.6) is 0 Å². The highest BCUT2D eigenvalue weighted by molar-refractivity contribution is 7.07. The molecule has 104 valence electrons. The average Bonchev–Trinajstić information content (AvgIpc) is 3.20.